The van der Waals surface area contributed by atoms with Crippen LogP contribution in [-0.2, 0) is 9.84 Å². The second-order valence-electron chi connectivity index (χ2n) is 4.94. The van der Waals surface area contributed by atoms with Crippen LogP contribution >= 0.6 is 0 Å². The number of amides is 1. The Kier molecular flexibility index (Phi) is 4.84. The van der Waals surface area contributed by atoms with E-state index < -0.39 is 20.5 Å². The molecular formula is C15H15F2NO4S. The Morgan fingerprint density at radius 3 is 2.26 bits per heavy atom. The molecule has 1 atom stereocenters. The van der Waals surface area contributed by atoms with Gasteiger partial charge in [-0.1, -0.05) is 0 Å². The molecule has 8 heteroatoms. The van der Waals surface area contributed by atoms with E-state index in [1.54, 1.807) is 26.1 Å². The zero-order valence-electron chi connectivity index (χ0n) is 12.4. The van der Waals surface area contributed by atoms with E-state index in [9.17, 15) is 22.0 Å². The summed E-state index contributed by atoms with van der Waals surface area (Å²) in [6.07, 6.45) is 1.49. The van der Waals surface area contributed by atoms with Crippen LogP contribution in [0.25, 0.3) is 0 Å². The van der Waals surface area contributed by atoms with Gasteiger partial charge in [-0.3, -0.25) is 4.79 Å². The first-order valence-electron chi connectivity index (χ1n) is 6.68. The quantitative estimate of drug-likeness (QED) is 0.836. The summed E-state index contributed by atoms with van der Waals surface area (Å²) in [6, 6.07) is 7.52. The molecule has 0 aliphatic carbocycles. The normalized spacial score (nSPS) is 13.1. The molecule has 124 valence electrons. The van der Waals surface area contributed by atoms with Gasteiger partial charge in [0.05, 0.1) is 17.2 Å². The van der Waals surface area contributed by atoms with Crippen LogP contribution < -0.4 is 0 Å². The van der Waals surface area contributed by atoms with Crippen LogP contribution in [0.15, 0.2) is 52.0 Å². The summed E-state index contributed by atoms with van der Waals surface area (Å²) in [5.74, 6) is -3.28. The summed E-state index contributed by atoms with van der Waals surface area (Å²) >= 11 is 0. The number of hydrogen-bond donors (Lipinski definition) is 0. The first-order valence-corrected chi connectivity index (χ1v) is 8.22. The molecule has 1 unspecified atom stereocenters. The maximum absolute atomic E-state index is 12.5. The van der Waals surface area contributed by atoms with Crippen molar-refractivity contribution in [3.05, 3.63) is 54.0 Å². The predicted octanol–water partition coefficient (Wildman–Crippen LogP) is 3.11. The summed E-state index contributed by atoms with van der Waals surface area (Å²) in [4.78, 5) is 13.3. The number of alkyl halides is 2. The fourth-order valence-electron chi connectivity index (χ4n) is 1.99. The molecule has 0 aliphatic heterocycles. The average Bonchev–Trinajstić information content (AvgIpc) is 3.07. The number of benzene rings is 1. The molecule has 5 nitrogen and oxygen atoms in total. The Hall–Kier alpha value is -2.22. The smallest absolute Gasteiger partial charge is 0.341 e. The van der Waals surface area contributed by atoms with Crippen molar-refractivity contribution in [3.63, 3.8) is 0 Å². The number of carbonyl (C=O) groups is 1. The highest BCUT2D eigenvalue weighted by atomic mass is 32.2. The zero-order valence-corrected chi connectivity index (χ0v) is 13.3. The summed E-state index contributed by atoms with van der Waals surface area (Å²) < 4.78 is 52.9. The van der Waals surface area contributed by atoms with Crippen LogP contribution in [0.4, 0.5) is 8.78 Å². The largest absolute Gasteiger partial charge is 0.467 e. The number of sulfone groups is 1. The van der Waals surface area contributed by atoms with Gasteiger partial charge in [-0.05, 0) is 43.3 Å². The van der Waals surface area contributed by atoms with Crippen molar-refractivity contribution in [2.75, 3.05) is 7.05 Å². The minimum absolute atomic E-state index is 0.194. The molecule has 1 heterocycles. The van der Waals surface area contributed by atoms with E-state index in [-0.39, 0.29) is 17.5 Å². The highest BCUT2D eigenvalue weighted by Gasteiger charge is 2.27. The van der Waals surface area contributed by atoms with E-state index in [0.29, 0.717) is 5.76 Å². The van der Waals surface area contributed by atoms with Gasteiger partial charge in [-0.2, -0.15) is 8.78 Å². The minimum atomic E-state index is -4.66. The molecule has 1 aromatic heterocycles. The number of hydrogen-bond acceptors (Lipinski definition) is 4. The maximum Gasteiger partial charge on any atom is 0.341 e. The third kappa shape index (κ3) is 3.42. The summed E-state index contributed by atoms with van der Waals surface area (Å²) in [6.45, 7) is 1.77. The van der Waals surface area contributed by atoms with Gasteiger partial charge in [0.25, 0.3) is 5.91 Å². The van der Waals surface area contributed by atoms with Crippen LogP contribution in [0.1, 0.15) is 29.1 Å². The summed E-state index contributed by atoms with van der Waals surface area (Å²) in [5.41, 5.74) is 0.194. The Labute approximate surface area is 132 Å². The van der Waals surface area contributed by atoms with Crippen molar-refractivity contribution < 1.29 is 26.4 Å². The third-order valence-electron chi connectivity index (χ3n) is 3.52. The van der Waals surface area contributed by atoms with Gasteiger partial charge >= 0.3 is 5.76 Å². The molecule has 0 bridgehead atoms. The molecule has 23 heavy (non-hydrogen) atoms. The van der Waals surface area contributed by atoms with Gasteiger partial charge < -0.3 is 9.32 Å². The molecule has 2 rings (SSSR count). The molecule has 0 aliphatic rings. The van der Waals surface area contributed by atoms with Gasteiger partial charge in [-0.15, -0.1) is 0 Å². The molecule has 2 aromatic rings. The maximum atomic E-state index is 12.5. The molecule has 0 N–H and O–H groups in total. The fourth-order valence-corrected chi connectivity index (χ4v) is 2.71. The van der Waals surface area contributed by atoms with E-state index >= 15 is 0 Å². The van der Waals surface area contributed by atoms with Crippen molar-refractivity contribution in [2.45, 2.75) is 23.6 Å². The highest BCUT2D eigenvalue weighted by Crippen LogP contribution is 2.23. The van der Waals surface area contributed by atoms with Gasteiger partial charge in [0.1, 0.15) is 5.76 Å². The van der Waals surface area contributed by atoms with Gasteiger partial charge in [0.15, 0.2) is 0 Å². The predicted molar refractivity (Wildman–Crippen MR) is 78.8 cm³/mol. The Balaban J connectivity index is 2.21. The molecular weight excluding hydrogens is 328 g/mol. The average molecular weight is 343 g/mol. The molecule has 1 aromatic carbocycles. The molecule has 0 saturated carbocycles. The Morgan fingerprint density at radius 1 is 1.17 bits per heavy atom. The SMILES string of the molecule is CC(c1ccco1)N(C)C(=O)c1ccc(S(=O)(=O)C(F)F)cc1. The fraction of sp³-hybridized carbons (Fsp3) is 0.267. The highest BCUT2D eigenvalue weighted by molar-refractivity contribution is 7.91. The second kappa shape index (κ2) is 6.49. The van der Waals surface area contributed by atoms with Crippen LogP contribution in [0, 0.1) is 0 Å². The van der Waals surface area contributed by atoms with E-state index in [4.69, 9.17) is 4.42 Å². The van der Waals surface area contributed by atoms with Gasteiger partial charge in [-0.25, -0.2) is 8.42 Å². The number of nitrogens with zero attached hydrogens (tertiary/aromatic N) is 1. The van der Waals surface area contributed by atoms with Crippen molar-refractivity contribution in [1.82, 2.24) is 4.90 Å². The van der Waals surface area contributed by atoms with E-state index in [0.717, 1.165) is 12.1 Å². The number of carbonyl (C=O) groups excluding carboxylic acids is 1. The number of halogens is 2. The van der Waals surface area contributed by atoms with E-state index in [2.05, 4.69) is 0 Å². The molecule has 0 saturated heterocycles. The summed E-state index contributed by atoms with van der Waals surface area (Å²) in [7, 11) is -3.10. The Bertz CT molecular complexity index is 770. The molecule has 0 fully saturated rings. The topological polar surface area (TPSA) is 67.6 Å². The number of rotatable bonds is 5. The molecule has 0 radical (unpaired) electrons. The lowest BCUT2D eigenvalue weighted by Gasteiger charge is -2.23. The van der Waals surface area contributed by atoms with Gasteiger partial charge in [0.2, 0.25) is 9.84 Å². The van der Waals surface area contributed by atoms with E-state index in [1.165, 1.54) is 23.3 Å². The van der Waals surface area contributed by atoms with Crippen LogP contribution in [0.5, 0.6) is 0 Å². The monoisotopic (exact) mass is 343 g/mol. The lowest BCUT2D eigenvalue weighted by Crippen LogP contribution is -2.29. The van der Waals surface area contributed by atoms with Crippen molar-refractivity contribution in [3.8, 4) is 0 Å². The van der Waals surface area contributed by atoms with Crippen molar-refractivity contribution >= 4 is 15.7 Å². The third-order valence-corrected chi connectivity index (χ3v) is 4.92. The van der Waals surface area contributed by atoms with Crippen molar-refractivity contribution in [2.24, 2.45) is 0 Å². The lowest BCUT2D eigenvalue weighted by atomic mass is 10.1. The van der Waals surface area contributed by atoms with E-state index in [1.807, 2.05) is 0 Å². The first kappa shape index (κ1) is 17.1. The second-order valence-corrected chi connectivity index (χ2v) is 6.86. The number of furan rings is 1. The van der Waals surface area contributed by atoms with Crippen LogP contribution in [-0.4, -0.2) is 32.0 Å². The van der Waals surface area contributed by atoms with Gasteiger partial charge in [0, 0.05) is 12.6 Å². The molecule has 1 amide bonds. The molecule has 0 spiro atoms. The van der Waals surface area contributed by atoms with Crippen LogP contribution in [0.2, 0.25) is 0 Å². The minimum Gasteiger partial charge on any atom is -0.467 e. The Morgan fingerprint density at radius 2 is 1.78 bits per heavy atom. The van der Waals surface area contributed by atoms with Crippen molar-refractivity contribution in [1.29, 1.82) is 0 Å². The standard InChI is InChI=1S/C15H15F2NO4S/c1-10(13-4-3-9-22-13)18(2)14(19)11-5-7-12(8-6-11)23(20,21)15(16)17/h3-10,15H,1-2H3. The first-order chi connectivity index (χ1) is 10.7. The van der Waals surface area contributed by atoms with Crippen LogP contribution in [0.3, 0.4) is 0 Å². The zero-order chi connectivity index (χ0) is 17.2. The lowest BCUT2D eigenvalue weighted by molar-refractivity contribution is 0.0726. The summed E-state index contributed by atoms with van der Waals surface area (Å²) in [5, 5.41) is 0.